The highest BCUT2D eigenvalue weighted by atomic mass is 16.2. The van der Waals surface area contributed by atoms with E-state index in [1.54, 1.807) is 0 Å². The quantitative estimate of drug-likeness (QED) is 0.757. The number of aryl methyl sites for hydroxylation is 1. The Labute approximate surface area is 173 Å². The molecule has 0 saturated carbocycles. The SMILES string of the molecule is Cc1ccccc1CC(=O)NC[C@H]1[C@H]2C[C@H](CN(CC(N)=O)C2)[C@@H]2CCCCN21. The third-order valence-corrected chi connectivity index (χ3v) is 7.20. The lowest BCUT2D eigenvalue weighted by Crippen LogP contribution is -2.66. The molecule has 0 radical (unpaired) electrons. The van der Waals surface area contributed by atoms with Crippen LogP contribution in [0.2, 0.25) is 0 Å². The molecule has 3 aliphatic heterocycles. The molecule has 0 unspecified atom stereocenters. The van der Waals surface area contributed by atoms with Crippen LogP contribution in [0.15, 0.2) is 24.3 Å². The van der Waals surface area contributed by atoms with E-state index in [4.69, 9.17) is 5.73 Å². The van der Waals surface area contributed by atoms with Gasteiger partial charge in [0.2, 0.25) is 11.8 Å². The Hall–Kier alpha value is -1.92. The van der Waals surface area contributed by atoms with Gasteiger partial charge in [-0.25, -0.2) is 0 Å². The van der Waals surface area contributed by atoms with Gasteiger partial charge in [0.05, 0.1) is 13.0 Å². The molecule has 0 aromatic heterocycles. The summed E-state index contributed by atoms with van der Waals surface area (Å²) in [6.45, 7) is 6.12. The van der Waals surface area contributed by atoms with E-state index < -0.39 is 0 Å². The van der Waals surface area contributed by atoms with Crippen molar-refractivity contribution in [2.45, 2.75) is 51.1 Å². The molecule has 3 heterocycles. The van der Waals surface area contributed by atoms with Crippen molar-refractivity contribution >= 4 is 11.8 Å². The lowest BCUT2D eigenvalue weighted by Gasteiger charge is -2.56. The fraction of sp³-hybridized carbons (Fsp3) is 0.652. The van der Waals surface area contributed by atoms with Gasteiger partial charge in [-0.2, -0.15) is 0 Å². The van der Waals surface area contributed by atoms with Crippen molar-refractivity contribution in [2.75, 3.05) is 32.7 Å². The van der Waals surface area contributed by atoms with Gasteiger partial charge in [-0.1, -0.05) is 30.7 Å². The predicted molar refractivity (Wildman–Crippen MR) is 113 cm³/mol. The van der Waals surface area contributed by atoms with Crippen LogP contribution in [-0.2, 0) is 16.0 Å². The predicted octanol–water partition coefficient (Wildman–Crippen LogP) is 1.31. The summed E-state index contributed by atoms with van der Waals surface area (Å²) >= 11 is 0. The minimum absolute atomic E-state index is 0.0970. The number of carbonyl (C=O) groups excluding carboxylic acids is 2. The Bertz CT molecular complexity index is 752. The zero-order valence-electron chi connectivity index (χ0n) is 17.5. The first-order chi connectivity index (χ1) is 14.0. The van der Waals surface area contributed by atoms with Gasteiger partial charge in [0, 0.05) is 31.7 Å². The molecule has 1 aromatic rings. The summed E-state index contributed by atoms with van der Waals surface area (Å²) < 4.78 is 0. The van der Waals surface area contributed by atoms with E-state index in [-0.39, 0.29) is 11.8 Å². The Morgan fingerprint density at radius 1 is 1.17 bits per heavy atom. The van der Waals surface area contributed by atoms with E-state index in [2.05, 4.69) is 28.1 Å². The molecule has 2 bridgehead atoms. The number of benzene rings is 1. The highest BCUT2D eigenvalue weighted by Crippen LogP contribution is 2.40. The topological polar surface area (TPSA) is 78.7 Å². The first kappa shape index (κ1) is 20.4. The number of nitrogens with two attached hydrogens (primary N) is 1. The van der Waals surface area contributed by atoms with Gasteiger partial charge in [0.1, 0.15) is 0 Å². The molecule has 0 spiro atoms. The molecule has 3 fully saturated rings. The number of piperidine rings is 3. The number of nitrogens with one attached hydrogen (secondary N) is 1. The minimum atomic E-state index is -0.242. The van der Waals surface area contributed by atoms with E-state index in [0.717, 1.165) is 30.8 Å². The molecule has 4 atom stereocenters. The summed E-state index contributed by atoms with van der Waals surface area (Å²) in [5.74, 6) is 0.960. The highest BCUT2D eigenvalue weighted by molar-refractivity contribution is 5.79. The van der Waals surface area contributed by atoms with Crippen molar-refractivity contribution in [1.29, 1.82) is 0 Å². The molecule has 4 rings (SSSR count). The summed E-state index contributed by atoms with van der Waals surface area (Å²) in [6, 6.07) is 9.01. The Kier molecular flexibility index (Phi) is 6.20. The van der Waals surface area contributed by atoms with Crippen molar-refractivity contribution in [3.05, 3.63) is 35.4 Å². The zero-order chi connectivity index (χ0) is 20.4. The first-order valence-electron chi connectivity index (χ1n) is 11.1. The normalized spacial score (nSPS) is 29.8. The standard InChI is InChI=1S/C23H34N4O2/c1-16-6-2-3-7-17(16)11-23(29)25-12-21-19-10-18(13-26(14-19)15-22(24)28)20-8-4-5-9-27(20)21/h2-3,6-7,18-21H,4-5,8-15H2,1H3,(H2,24,28)(H,25,29)/t18-,19+,20+,21+/m1/s1. The molecule has 0 aliphatic carbocycles. The van der Waals surface area contributed by atoms with Gasteiger partial charge >= 0.3 is 0 Å². The van der Waals surface area contributed by atoms with Crippen LogP contribution in [-0.4, -0.2) is 66.4 Å². The van der Waals surface area contributed by atoms with Crippen LogP contribution in [0, 0.1) is 18.8 Å². The minimum Gasteiger partial charge on any atom is -0.369 e. The smallest absolute Gasteiger partial charge is 0.231 e. The molecular formula is C23H34N4O2. The molecule has 2 amide bonds. The van der Waals surface area contributed by atoms with Crippen LogP contribution in [0.5, 0.6) is 0 Å². The summed E-state index contributed by atoms with van der Waals surface area (Å²) in [4.78, 5) is 29.1. The molecule has 3 N–H and O–H groups in total. The number of primary amides is 1. The van der Waals surface area contributed by atoms with Gasteiger partial charge in [0.25, 0.3) is 0 Å². The molecule has 29 heavy (non-hydrogen) atoms. The maximum absolute atomic E-state index is 12.6. The van der Waals surface area contributed by atoms with Gasteiger partial charge < -0.3 is 11.1 Å². The van der Waals surface area contributed by atoms with Crippen molar-refractivity contribution < 1.29 is 9.59 Å². The van der Waals surface area contributed by atoms with Gasteiger partial charge in [0.15, 0.2) is 0 Å². The Balaban J connectivity index is 1.42. The second kappa shape index (κ2) is 8.84. The average molecular weight is 399 g/mol. The summed E-state index contributed by atoms with van der Waals surface area (Å²) in [5, 5.41) is 3.23. The average Bonchev–Trinajstić information content (AvgIpc) is 2.69. The molecule has 3 aliphatic rings. The van der Waals surface area contributed by atoms with Gasteiger partial charge in [-0.3, -0.25) is 19.4 Å². The van der Waals surface area contributed by atoms with Crippen molar-refractivity contribution in [1.82, 2.24) is 15.1 Å². The van der Waals surface area contributed by atoms with E-state index in [1.165, 1.54) is 25.7 Å². The largest absolute Gasteiger partial charge is 0.369 e. The Morgan fingerprint density at radius 3 is 2.76 bits per heavy atom. The van der Waals surface area contributed by atoms with Crippen LogP contribution >= 0.6 is 0 Å². The lowest BCUT2D eigenvalue weighted by molar-refractivity contribution is -0.123. The van der Waals surface area contributed by atoms with Crippen LogP contribution in [0.25, 0.3) is 0 Å². The summed E-state index contributed by atoms with van der Waals surface area (Å²) in [7, 11) is 0. The number of hydrogen-bond acceptors (Lipinski definition) is 4. The van der Waals surface area contributed by atoms with Crippen molar-refractivity contribution in [3.63, 3.8) is 0 Å². The number of carbonyl (C=O) groups is 2. The van der Waals surface area contributed by atoms with Crippen LogP contribution in [0.4, 0.5) is 0 Å². The van der Waals surface area contributed by atoms with E-state index in [9.17, 15) is 9.59 Å². The second-order valence-corrected chi connectivity index (χ2v) is 9.19. The number of nitrogens with zero attached hydrogens (tertiary/aromatic N) is 2. The van der Waals surface area contributed by atoms with Crippen molar-refractivity contribution in [2.24, 2.45) is 17.6 Å². The van der Waals surface area contributed by atoms with E-state index in [1.807, 2.05) is 18.2 Å². The number of fused-ring (bicyclic) bond motifs is 4. The third kappa shape index (κ3) is 4.64. The first-order valence-corrected chi connectivity index (χ1v) is 11.1. The monoisotopic (exact) mass is 398 g/mol. The fourth-order valence-electron chi connectivity index (χ4n) is 5.90. The summed E-state index contributed by atoms with van der Waals surface area (Å²) in [6.07, 6.45) is 5.40. The molecule has 6 heteroatoms. The zero-order valence-corrected chi connectivity index (χ0v) is 17.5. The van der Waals surface area contributed by atoms with Crippen LogP contribution in [0.1, 0.15) is 36.8 Å². The van der Waals surface area contributed by atoms with Crippen molar-refractivity contribution in [3.8, 4) is 0 Å². The van der Waals surface area contributed by atoms with E-state index in [0.29, 0.717) is 43.4 Å². The molecule has 158 valence electrons. The number of likely N-dealkylation sites (tertiary alicyclic amines) is 1. The molecule has 3 saturated heterocycles. The van der Waals surface area contributed by atoms with Crippen LogP contribution in [0.3, 0.4) is 0 Å². The highest BCUT2D eigenvalue weighted by Gasteiger charge is 2.47. The maximum Gasteiger partial charge on any atom is 0.231 e. The van der Waals surface area contributed by atoms with Gasteiger partial charge in [-0.15, -0.1) is 0 Å². The molecular weight excluding hydrogens is 364 g/mol. The third-order valence-electron chi connectivity index (χ3n) is 7.20. The van der Waals surface area contributed by atoms with E-state index >= 15 is 0 Å². The lowest BCUT2D eigenvalue weighted by atomic mass is 9.72. The Morgan fingerprint density at radius 2 is 1.97 bits per heavy atom. The molecule has 6 nitrogen and oxygen atoms in total. The van der Waals surface area contributed by atoms with Crippen LogP contribution < -0.4 is 11.1 Å². The van der Waals surface area contributed by atoms with Gasteiger partial charge in [-0.05, 0) is 55.7 Å². The second-order valence-electron chi connectivity index (χ2n) is 9.19. The summed E-state index contributed by atoms with van der Waals surface area (Å²) in [5.41, 5.74) is 7.73. The fourth-order valence-corrected chi connectivity index (χ4v) is 5.90. The molecule has 1 aromatic carbocycles. The number of amides is 2. The number of rotatable bonds is 6. The number of hydrogen-bond donors (Lipinski definition) is 2. The maximum atomic E-state index is 12.6.